The lowest BCUT2D eigenvalue weighted by Crippen LogP contribution is -2.48. The highest BCUT2D eigenvalue weighted by Gasteiger charge is 2.20. The molecule has 0 aromatic heterocycles. The van der Waals surface area contributed by atoms with E-state index >= 15 is 0 Å². The van der Waals surface area contributed by atoms with Crippen molar-refractivity contribution in [2.24, 2.45) is 5.92 Å². The fourth-order valence-corrected chi connectivity index (χ4v) is 3.19. The van der Waals surface area contributed by atoms with Crippen LogP contribution in [0, 0.1) is 11.7 Å². The van der Waals surface area contributed by atoms with Gasteiger partial charge in [0, 0.05) is 38.1 Å². The van der Waals surface area contributed by atoms with Crippen molar-refractivity contribution < 1.29 is 4.39 Å². The molecule has 0 bridgehead atoms. The van der Waals surface area contributed by atoms with Crippen LogP contribution < -0.4 is 4.90 Å². The third-order valence-corrected chi connectivity index (χ3v) is 4.79. The first-order chi connectivity index (χ1) is 9.24. The highest BCUT2D eigenvalue weighted by molar-refractivity contribution is 9.09. The summed E-state index contributed by atoms with van der Waals surface area (Å²) in [5.74, 6) is 0.614. The minimum absolute atomic E-state index is 0.108. The average molecular weight is 329 g/mol. The second-order valence-corrected chi connectivity index (χ2v) is 5.82. The summed E-state index contributed by atoms with van der Waals surface area (Å²) in [5.41, 5.74) is 0.745. The average Bonchev–Trinajstić information content (AvgIpc) is 2.46. The Kier molecular flexibility index (Phi) is 5.64. The van der Waals surface area contributed by atoms with E-state index in [-0.39, 0.29) is 5.82 Å². The van der Waals surface area contributed by atoms with Gasteiger partial charge in [0.25, 0.3) is 0 Å². The number of benzene rings is 1. The summed E-state index contributed by atoms with van der Waals surface area (Å²) < 4.78 is 13.7. The molecule has 1 saturated heterocycles. The summed E-state index contributed by atoms with van der Waals surface area (Å²) in [6.07, 6.45) is 1.21. The van der Waals surface area contributed by atoms with Crippen LogP contribution in [0.25, 0.3) is 0 Å². The van der Waals surface area contributed by atoms with Gasteiger partial charge in [0.15, 0.2) is 0 Å². The minimum Gasteiger partial charge on any atom is -0.367 e. The second kappa shape index (κ2) is 7.25. The quantitative estimate of drug-likeness (QED) is 0.764. The highest BCUT2D eigenvalue weighted by Crippen LogP contribution is 2.20. The van der Waals surface area contributed by atoms with Crippen molar-refractivity contribution in [3.8, 4) is 0 Å². The standard InChI is InChI=1S/C15H22BrFN2/c1-2-13(11-16)12-18-7-9-19(10-8-18)15-6-4-3-5-14(15)17/h3-6,13H,2,7-12H2,1H3. The molecule has 0 amide bonds. The smallest absolute Gasteiger partial charge is 0.146 e. The molecule has 1 fully saturated rings. The first-order valence-electron chi connectivity index (χ1n) is 7.02. The zero-order valence-corrected chi connectivity index (χ0v) is 13.1. The maximum Gasteiger partial charge on any atom is 0.146 e. The largest absolute Gasteiger partial charge is 0.367 e. The molecule has 19 heavy (non-hydrogen) atoms. The number of anilines is 1. The fourth-order valence-electron chi connectivity index (χ4n) is 2.53. The normalized spacial score (nSPS) is 18.6. The van der Waals surface area contributed by atoms with Gasteiger partial charge in [0.2, 0.25) is 0 Å². The van der Waals surface area contributed by atoms with Crippen LogP contribution in [0.5, 0.6) is 0 Å². The van der Waals surface area contributed by atoms with E-state index in [1.54, 1.807) is 12.1 Å². The number of alkyl halides is 1. The van der Waals surface area contributed by atoms with Crippen LogP contribution >= 0.6 is 15.9 Å². The van der Waals surface area contributed by atoms with Crippen molar-refractivity contribution in [2.75, 3.05) is 43.0 Å². The molecule has 0 radical (unpaired) electrons. The SMILES string of the molecule is CCC(CBr)CN1CCN(c2ccccc2F)CC1. The molecule has 1 aliphatic rings. The van der Waals surface area contributed by atoms with E-state index in [0.29, 0.717) is 0 Å². The Morgan fingerprint density at radius 2 is 1.89 bits per heavy atom. The van der Waals surface area contributed by atoms with E-state index in [9.17, 15) is 4.39 Å². The van der Waals surface area contributed by atoms with Crippen LogP contribution in [0.2, 0.25) is 0 Å². The first-order valence-corrected chi connectivity index (χ1v) is 8.14. The van der Waals surface area contributed by atoms with Gasteiger partial charge >= 0.3 is 0 Å². The van der Waals surface area contributed by atoms with E-state index in [1.807, 2.05) is 12.1 Å². The minimum atomic E-state index is -0.108. The predicted octanol–water partition coefficient (Wildman–Crippen LogP) is 3.37. The van der Waals surface area contributed by atoms with Crippen molar-refractivity contribution in [3.63, 3.8) is 0 Å². The molecule has 4 heteroatoms. The van der Waals surface area contributed by atoms with Gasteiger partial charge in [-0.1, -0.05) is 41.4 Å². The number of rotatable bonds is 5. The number of nitrogens with zero attached hydrogens (tertiary/aromatic N) is 2. The Hall–Kier alpha value is -0.610. The molecule has 0 spiro atoms. The van der Waals surface area contributed by atoms with Crippen molar-refractivity contribution in [3.05, 3.63) is 30.1 Å². The summed E-state index contributed by atoms with van der Waals surface area (Å²) in [7, 11) is 0. The van der Waals surface area contributed by atoms with Crippen LogP contribution in [0.4, 0.5) is 10.1 Å². The molecule has 2 nitrogen and oxygen atoms in total. The number of piperazine rings is 1. The van der Waals surface area contributed by atoms with Crippen molar-refractivity contribution >= 4 is 21.6 Å². The number of hydrogen-bond acceptors (Lipinski definition) is 2. The maximum atomic E-state index is 13.7. The van der Waals surface area contributed by atoms with E-state index in [0.717, 1.165) is 49.7 Å². The monoisotopic (exact) mass is 328 g/mol. The molecule has 1 aromatic carbocycles. The van der Waals surface area contributed by atoms with Gasteiger partial charge < -0.3 is 4.90 Å². The van der Waals surface area contributed by atoms with E-state index in [4.69, 9.17) is 0 Å². The Balaban J connectivity index is 1.87. The molecule has 0 N–H and O–H groups in total. The van der Waals surface area contributed by atoms with Crippen LogP contribution in [-0.4, -0.2) is 43.0 Å². The van der Waals surface area contributed by atoms with E-state index in [2.05, 4.69) is 32.7 Å². The summed E-state index contributed by atoms with van der Waals surface area (Å²) in [6.45, 7) is 7.27. The van der Waals surface area contributed by atoms with Crippen molar-refractivity contribution in [2.45, 2.75) is 13.3 Å². The zero-order chi connectivity index (χ0) is 13.7. The Bertz CT molecular complexity index is 387. The van der Waals surface area contributed by atoms with Gasteiger partial charge in [-0.3, -0.25) is 4.90 Å². The van der Waals surface area contributed by atoms with Crippen LogP contribution in [0.15, 0.2) is 24.3 Å². The molecule has 1 heterocycles. The molecule has 2 rings (SSSR count). The number of halogens is 2. The molecular weight excluding hydrogens is 307 g/mol. The van der Waals surface area contributed by atoms with Crippen LogP contribution in [0.1, 0.15) is 13.3 Å². The fraction of sp³-hybridized carbons (Fsp3) is 0.600. The molecule has 1 aromatic rings. The zero-order valence-electron chi connectivity index (χ0n) is 11.5. The van der Waals surface area contributed by atoms with Crippen LogP contribution in [0.3, 0.4) is 0 Å². The van der Waals surface area contributed by atoms with Gasteiger partial charge in [0.1, 0.15) is 5.82 Å². The lowest BCUT2D eigenvalue weighted by molar-refractivity contribution is 0.224. The van der Waals surface area contributed by atoms with Gasteiger partial charge in [-0.2, -0.15) is 0 Å². The van der Waals surface area contributed by atoms with Gasteiger partial charge in [-0.25, -0.2) is 4.39 Å². The summed E-state index contributed by atoms with van der Waals surface area (Å²) in [5, 5.41) is 1.07. The Morgan fingerprint density at radius 1 is 1.21 bits per heavy atom. The second-order valence-electron chi connectivity index (χ2n) is 5.17. The van der Waals surface area contributed by atoms with Crippen molar-refractivity contribution in [1.29, 1.82) is 0 Å². The third-order valence-electron chi connectivity index (χ3n) is 3.88. The summed E-state index contributed by atoms with van der Waals surface area (Å²) >= 11 is 3.57. The Labute approximate surface area is 123 Å². The third kappa shape index (κ3) is 3.93. The molecule has 1 atom stereocenters. The molecular formula is C15H22BrFN2. The molecule has 0 saturated carbocycles. The Morgan fingerprint density at radius 3 is 2.47 bits per heavy atom. The molecule has 1 aliphatic heterocycles. The topological polar surface area (TPSA) is 6.48 Å². The van der Waals surface area contributed by atoms with Gasteiger partial charge in [-0.15, -0.1) is 0 Å². The van der Waals surface area contributed by atoms with Gasteiger partial charge in [0.05, 0.1) is 5.69 Å². The molecule has 0 aliphatic carbocycles. The number of para-hydroxylation sites is 1. The molecule has 1 unspecified atom stereocenters. The number of hydrogen-bond donors (Lipinski definition) is 0. The van der Waals surface area contributed by atoms with Gasteiger partial charge in [-0.05, 0) is 18.1 Å². The molecule has 106 valence electrons. The summed E-state index contributed by atoms with van der Waals surface area (Å²) in [4.78, 5) is 4.65. The lowest BCUT2D eigenvalue weighted by Gasteiger charge is -2.37. The summed E-state index contributed by atoms with van der Waals surface area (Å²) in [6, 6.07) is 7.07. The van der Waals surface area contributed by atoms with E-state index in [1.165, 1.54) is 6.42 Å². The lowest BCUT2D eigenvalue weighted by atomic mass is 10.1. The first kappa shape index (κ1) is 14.8. The maximum absolute atomic E-state index is 13.7. The highest BCUT2D eigenvalue weighted by atomic mass is 79.9. The van der Waals surface area contributed by atoms with Crippen molar-refractivity contribution in [1.82, 2.24) is 4.90 Å². The van der Waals surface area contributed by atoms with E-state index < -0.39 is 0 Å². The predicted molar refractivity (Wildman–Crippen MR) is 82.6 cm³/mol. The van der Waals surface area contributed by atoms with Crippen LogP contribution in [-0.2, 0) is 0 Å².